The maximum absolute atomic E-state index is 12.9. The number of rotatable bonds is 6. The standard InChI is InChI=1S/C21H41N5O4/c1-11-23-17(25-13-20(6,7)16(27)22-10)24-12-15-14(2)29-21(8,9)26(15)18(28)30-19(3,4)5/h14-15H,11-13H2,1-10H3,(H,22,27)(H2,23,24,25). The zero-order valence-corrected chi connectivity index (χ0v) is 20.3. The van der Waals surface area contributed by atoms with Crippen LogP contribution < -0.4 is 16.0 Å². The second-order valence-electron chi connectivity index (χ2n) is 9.73. The van der Waals surface area contributed by atoms with Crippen LogP contribution in [-0.4, -0.2) is 73.0 Å². The molecule has 0 aromatic carbocycles. The molecule has 1 heterocycles. The highest BCUT2D eigenvalue weighted by Crippen LogP contribution is 2.33. The molecule has 0 bridgehead atoms. The molecule has 0 aromatic rings. The Morgan fingerprint density at radius 3 is 2.27 bits per heavy atom. The summed E-state index contributed by atoms with van der Waals surface area (Å²) in [4.78, 5) is 31.1. The molecule has 1 aliphatic rings. The van der Waals surface area contributed by atoms with Gasteiger partial charge in [0.05, 0.1) is 24.1 Å². The molecule has 1 fully saturated rings. The van der Waals surface area contributed by atoms with Crippen LogP contribution in [0, 0.1) is 5.41 Å². The molecule has 1 saturated heterocycles. The zero-order chi connectivity index (χ0) is 23.3. The zero-order valence-electron chi connectivity index (χ0n) is 20.3. The number of nitrogens with one attached hydrogen (secondary N) is 3. The molecule has 30 heavy (non-hydrogen) atoms. The van der Waals surface area contributed by atoms with E-state index in [-0.39, 0.29) is 18.1 Å². The van der Waals surface area contributed by atoms with Crippen LogP contribution in [0.3, 0.4) is 0 Å². The Kier molecular flexibility index (Phi) is 8.54. The summed E-state index contributed by atoms with van der Waals surface area (Å²) in [5.74, 6) is 0.508. The van der Waals surface area contributed by atoms with Crippen molar-refractivity contribution in [1.29, 1.82) is 0 Å². The number of hydrogen-bond donors (Lipinski definition) is 3. The summed E-state index contributed by atoms with van der Waals surface area (Å²) in [6.45, 7) is 18.3. The molecule has 174 valence electrons. The lowest BCUT2D eigenvalue weighted by molar-refractivity contribution is -0.128. The highest BCUT2D eigenvalue weighted by Gasteiger charge is 2.49. The molecule has 1 rings (SSSR count). The molecule has 0 radical (unpaired) electrons. The molecular weight excluding hydrogens is 386 g/mol. The van der Waals surface area contributed by atoms with E-state index in [0.717, 1.165) is 0 Å². The van der Waals surface area contributed by atoms with Crippen molar-refractivity contribution < 1.29 is 19.1 Å². The van der Waals surface area contributed by atoms with E-state index in [2.05, 4.69) is 20.9 Å². The van der Waals surface area contributed by atoms with E-state index in [1.165, 1.54) is 0 Å². The molecule has 0 saturated carbocycles. The monoisotopic (exact) mass is 427 g/mol. The smallest absolute Gasteiger partial charge is 0.412 e. The number of amides is 2. The van der Waals surface area contributed by atoms with Gasteiger partial charge >= 0.3 is 6.09 Å². The van der Waals surface area contributed by atoms with Gasteiger partial charge in [-0.05, 0) is 62.3 Å². The van der Waals surface area contributed by atoms with Crippen molar-refractivity contribution in [2.75, 3.05) is 26.7 Å². The van der Waals surface area contributed by atoms with Crippen molar-refractivity contribution in [2.45, 2.75) is 85.8 Å². The number of carbonyl (C=O) groups is 2. The van der Waals surface area contributed by atoms with Crippen LogP contribution in [0.2, 0.25) is 0 Å². The summed E-state index contributed by atoms with van der Waals surface area (Å²) in [6.07, 6.45) is -0.600. The average molecular weight is 428 g/mol. The van der Waals surface area contributed by atoms with Crippen LogP contribution in [-0.2, 0) is 14.3 Å². The minimum Gasteiger partial charge on any atom is -0.444 e. The molecule has 0 spiro atoms. The van der Waals surface area contributed by atoms with Gasteiger partial charge in [0.2, 0.25) is 5.91 Å². The third-order valence-electron chi connectivity index (χ3n) is 4.82. The van der Waals surface area contributed by atoms with Gasteiger partial charge in [-0.2, -0.15) is 0 Å². The quantitative estimate of drug-likeness (QED) is 0.443. The molecule has 9 heteroatoms. The first-order valence-electron chi connectivity index (χ1n) is 10.6. The summed E-state index contributed by atoms with van der Waals surface area (Å²) in [5, 5.41) is 9.14. The number of guanidine groups is 1. The predicted molar refractivity (Wildman–Crippen MR) is 118 cm³/mol. The summed E-state index contributed by atoms with van der Waals surface area (Å²) in [6, 6.07) is -0.245. The lowest BCUT2D eigenvalue weighted by atomic mass is 9.93. The highest BCUT2D eigenvalue weighted by atomic mass is 16.6. The predicted octanol–water partition coefficient (Wildman–Crippen LogP) is 2.07. The van der Waals surface area contributed by atoms with Crippen molar-refractivity contribution in [3.05, 3.63) is 0 Å². The van der Waals surface area contributed by atoms with Crippen molar-refractivity contribution in [2.24, 2.45) is 10.4 Å². The summed E-state index contributed by atoms with van der Waals surface area (Å²) in [5.41, 5.74) is -2.02. The van der Waals surface area contributed by atoms with Crippen LogP contribution in [0.4, 0.5) is 4.79 Å². The molecule has 0 aliphatic carbocycles. The van der Waals surface area contributed by atoms with E-state index in [9.17, 15) is 9.59 Å². The number of nitrogens with zero attached hydrogens (tertiary/aromatic N) is 2. The Morgan fingerprint density at radius 1 is 1.17 bits per heavy atom. The van der Waals surface area contributed by atoms with Crippen LogP contribution >= 0.6 is 0 Å². The first-order valence-corrected chi connectivity index (χ1v) is 10.6. The average Bonchev–Trinajstić information content (AvgIpc) is 2.83. The third-order valence-corrected chi connectivity index (χ3v) is 4.82. The van der Waals surface area contributed by atoms with E-state index < -0.39 is 22.8 Å². The van der Waals surface area contributed by atoms with Gasteiger partial charge in [-0.1, -0.05) is 0 Å². The van der Waals surface area contributed by atoms with Gasteiger partial charge in [0.1, 0.15) is 11.3 Å². The van der Waals surface area contributed by atoms with E-state index in [4.69, 9.17) is 9.47 Å². The molecular formula is C21H41N5O4. The fourth-order valence-corrected chi connectivity index (χ4v) is 3.35. The van der Waals surface area contributed by atoms with E-state index in [1.54, 1.807) is 11.9 Å². The first kappa shape index (κ1) is 26.0. The Bertz CT molecular complexity index is 640. The normalized spacial score (nSPS) is 21.9. The Balaban J connectivity index is 2.96. The van der Waals surface area contributed by atoms with Crippen molar-refractivity contribution in [1.82, 2.24) is 20.9 Å². The fraction of sp³-hybridized carbons (Fsp3) is 0.857. The largest absolute Gasteiger partial charge is 0.444 e. The number of carbonyl (C=O) groups excluding carboxylic acids is 2. The highest BCUT2D eigenvalue weighted by molar-refractivity contribution is 5.83. The van der Waals surface area contributed by atoms with Gasteiger partial charge in [-0.25, -0.2) is 4.79 Å². The van der Waals surface area contributed by atoms with Gasteiger partial charge in [-0.15, -0.1) is 0 Å². The van der Waals surface area contributed by atoms with Crippen molar-refractivity contribution >= 4 is 18.0 Å². The Morgan fingerprint density at radius 2 is 1.77 bits per heavy atom. The fourth-order valence-electron chi connectivity index (χ4n) is 3.35. The summed E-state index contributed by atoms with van der Waals surface area (Å²) >= 11 is 0. The van der Waals surface area contributed by atoms with Crippen molar-refractivity contribution in [3.8, 4) is 0 Å². The Labute approximate surface area is 181 Å². The topological polar surface area (TPSA) is 104 Å². The van der Waals surface area contributed by atoms with Crippen LogP contribution in [0.25, 0.3) is 0 Å². The maximum Gasteiger partial charge on any atom is 0.412 e. The lowest BCUT2D eigenvalue weighted by Gasteiger charge is -2.35. The molecule has 2 amide bonds. The van der Waals surface area contributed by atoms with Crippen LogP contribution in [0.5, 0.6) is 0 Å². The minimum absolute atomic E-state index is 0.0715. The third kappa shape index (κ3) is 7.04. The molecule has 1 aliphatic heterocycles. The number of hydrogen-bond acceptors (Lipinski definition) is 5. The van der Waals surface area contributed by atoms with Crippen molar-refractivity contribution in [3.63, 3.8) is 0 Å². The van der Waals surface area contributed by atoms with Gasteiger partial charge in [0.15, 0.2) is 5.96 Å². The molecule has 0 aromatic heterocycles. The SMILES string of the molecule is CCNC(=NCC(C)(C)C(=O)NC)NCC1C(C)OC(C)(C)N1C(=O)OC(C)(C)C. The Hall–Kier alpha value is -2.03. The lowest BCUT2D eigenvalue weighted by Crippen LogP contribution is -2.54. The van der Waals surface area contributed by atoms with Crippen LogP contribution in [0.1, 0.15) is 62.3 Å². The van der Waals surface area contributed by atoms with E-state index in [0.29, 0.717) is 25.6 Å². The van der Waals surface area contributed by atoms with Gasteiger partial charge in [-0.3, -0.25) is 14.7 Å². The van der Waals surface area contributed by atoms with Gasteiger partial charge < -0.3 is 25.4 Å². The minimum atomic E-state index is -0.787. The van der Waals surface area contributed by atoms with Gasteiger partial charge in [0.25, 0.3) is 0 Å². The molecule has 3 N–H and O–H groups in total. The molecule has 2 atom stereocenters. The molecule has 2 unspecified atom stereocenters. The second-order valence-corrected chi connectivity index (χ2v) is 9.73. The van der Waals surface area contributed by atoms with E-state index >= 15 is 0 Å². The van der Waals surface area contributed by atoms with Gasteiger partial charge in [0, 0.05) is 20.1 Å². The second kappa shape index (κ2) is 9.85. The number of aliphatic imine (C=N–C) groups is 1. The summed E-state index contributed by atoms with van der Waals surface area (Å²) < 4.78 is 11.6. The van der Waals surface area contributed by atoms with Crippen LogP contribution in [0.15, 0.2) is 4.99 Å². The summed E-state index contributed by atoms with van der Waals surface area (Å²) in [7, 11) is 1.62. The number of ether oxygens (including phenoxy) is 2. The maximum atomic E-state index is 12.9. The first-order chi connectivity index (χ1) is 13.6. The molecule has 9 nitrogen and oxygen atoms in total. The van der Waals surface area contributed by atoms with E-state index in [1.807, 2.05) is 62.3 Å².